The standard InChI is InChI=1S/C21H21NO5/c1-2-9-22-16-6-4-3-5-15(16)21(25,20(22)24)13-17(23)14-7-8-18-19(12-14)27-11-10-26-18/h3-8,12,25H,2,9-11,13H2,1H3/t21-/m1/s1. The number of ether oxygens (including phenoxy) is 2. The van der Waals surface area contributed by atoms with Crippen LogP contribution in [-0.2, 0) is 10.4 Å². The minimum absolute atomic E-state index is 0.317. The Kier molecular flexibility index (Phi) is 4.36. The first kappa shape index (κ1) is 17.5. The summed E-state index contributed by atoms with van der Waals surface area (Å²) in [6.07, 6.45) is 0.439. The molecule has 6 heteroatoms. The van der Waals surface area contributed by atoms with E-state index in [-0.39, 0.29) is 12.2 Å². The first-order chi connectivity index (χ1) is 13.0. The van der Waals surface area contributed by atoms with Crippen LogP contribution in [0.2, 0.25) is 0 Å². The summed E-state index contributed by atoms with van der Waals surface area (Å²) in [4.78, 5) is 27.4. The summed E-state index contributed by atoms with van der Waals surface area (Å²) in [5.41, 5.74) is -0.320. The Morgan fingerprint density at radius 2 is 1.89 bits per heavy atom. The predicted molar refractivity (Wildman–Crippen MR) is 99.4 cm³/mol. The molecule has 0 bridgehead atoms. The Hall–Kier alpha value is -2.86. The van der Waals surface area contributed by atoms with Gasteiger partial charge in [0.15, 0.2) is 22.9 Å². The summed E-state index contributed by atoms with van der Waals surface area (Å²) in [7, 11) is 0. The molecule has 0 radical (unpaired) electrons. The van der Waals surface area contributed by atoms with Crippen LogP contribution < -0.4 is 14.4 Å². The first-order valence-corrected chi connectivity index (χ1v) is 9.11. The zero-order chi connectivity index (χ0) is 19.0. The lowest BCUT2D eigenvalue weighted by atomic mass is 9.88. The van der Waals surface area contributed by atoms with E-state index in [1.165, 1.54) is 0 Å². The number of carbonyl (C=O) groups excluding carboxylic acids is 2. The van der Waals surface area contributed by atoms with E-state index in [9.17, 15) is 14.7 Å². The molecule has 1 atom stereocenters. The van der Waals surface area contributed by atoms with Crippen LogP contribution in [0.25, 0.3) is 0 Å². The van der Waals surface area contributed by atoms with Crippen molar-refractivity contribution in [3.63, 3.8) is 0 Å². The molecule has 0 saturated carbocycles. The van der Waals surface area contributed by atoms with Gasteiger partial charge >= 0.3 is 0 Å². The van der Waals surface area contributed by atoms with Crippen molar-refractivity contribution < 1.29 is 24.2 Å². The maximum absolute atomic E-state index is 13.0. The van der Waals surface area contributed by atoms with E-state index in [1.54, 1.807) is 41.3 Å². The predicted octanol–water partition coefficient (Wildman–Crippen LogP) is 2.68. The lowest BCUT2D eigenvalue weighted by Crippen LogP contribution is -2.42. The van der Waals surface area contributed by atoms with E-state index in [0.29, 0.717) is 48.1 Å². The largest absolute Gasteiger partial charge is 0.486 e. The second kappa shape index (κ2) is 6.70. The molecule has 0 spiro atoms. The third-order valence-corrected chi connectivity index (χ3v) is 4.97. The topological polar surface area (TPSA) is 76.1 Å². The zero-order valence-electron chi connectivity index (χ0n) is 15.1. The number of ketones is 1. The van der Waals surface area contributed by atoms with E-state index < -0.39 is 11.5 Å². The second-order valence-corrected chi connectivity index (χ2v) is 6.79. The van der Waals surface area contributed by atoms with Crippen molar-refractivity contribution in [2.24, 2.45) is 0 Å². The number of rotatable bonds is 5. The maximum Gasteiger partial charge on any atom is 0.264 e. The number of fused-ring (bicyclic) bond motifs is 2. The maximum atomic E-state index is 13.0. The molecule has 1 amide bonds. The Bertz CT molecular complexity index is 909. The van der Waals surface area contributed by atoms with E-state index in [2.05, 4.69) is 0 Å². The molecule has 4 rings (SSSR count). The Morgan fingerprint density at radius 1 is 1.15 bits per heavy atom. The molecule has 0 saturated heterocycles. The molecule has 2 aliphatic heterocycles. The Balaban J connectivity index is 1.65. The highest BCUT2D eigenvalue weighted by Crippen LogP contribution is 2.43. The minimum Gasteiger partial charge on any atom is -0.486 e. The number of Topliss-reactive ketones (excluding diaryl/α,β-unsaturated/α-hetero) is 1. The number of hydrogen-bond donors (Lipinski definition) is 1. The minimum atomic E-state index is -1.85. The van der Waals surface area contributed by atoms with Gasteiger partial charge in [-0.05, 0) is 30.7 Å². The summed E-state index contributed by atoms with van der Waals surface area (Å²) >= 11 is 0. The molecule has 6 nitrogen and oxygen atoms in total. The van der Waals surface area contributed by atoms with Gasteiger partial charge in [-0.3, -0.25) is 9.59 Å². The van der Waals surface area contributed by atoms with Crippen molar-refractivity contribution in [1.82, 2.24) is 0 Å². The molecule has 27 heavy (non-hydrogen) atoms. The number of anilines is 1. The van der Waals surface area contributed by atoms with Gasteiger partial charge in [0.25, 0.3) is 5.91 Å². The van der Waals surface area contributed by atoms with Crippen LogP contribution in [0.4, 0.5) is 5.69 Å². The summed E-state index contributed by atoms with van der Waals surface area (Å²) in [5.74, 6) is 0.324. The van der Waals surface area contributed by atoms with Crippen LogP contribution in [0.1, 0.15) is 35.7 Å². The van der Waals surface area contributed by atoms with E-state index >= 15 is 0 Å². The number of nitrogens with zero attached hydrogens (tertiary/aromatic N) is 1. The van der Waals surface area contributed by atoms with Crippen LogP contribution in [0.15, 0.2) is 42.5 Å². The molecule has 2 aliphatic rings. The number of para-hydroxylation sites is 1. The molecule has 1 N–H and O–H groups in total. The fourth-order valence-corrected chi connectivity index (χ4v) is 3.67. The molecule has 2 aromatic rings. The molecule has 2 aromatic carbocycles. The third-order valence-electron chi connectivity index (χ3n) is 4.97. The molecule has 140 valence electrons. The Morgan fingerprint density at radius 3 is 2.67 bits per heavy atom. The quantitative estimate of drug-likeness (QED) is 0.823. The number of hydrogen-bond acceptors (Lipinski definition) is 5. The summed E-state index contributed by atoms with van der Waals surface area (Å²) in [6.45, 7) is 3.36. The second-order valence-electron chi connectivity index (χ2n) is 6.79. The van der Waals surface area contributed by atoms with Crippen LogP contribution in [0, 0.1) is 0 Å². The van der Waals surface area contributed by atoms with Gasteiger partial charge in [-0.2, -0.15) is 0 Å². The average molecular weight is 367 g/mol. The van der Waals surface area contributed by atoms with Gasteiger partial charge in [0.1, 0.15) is 13.2 Å². The summed E-state index contributed by atoms with van der Waals surface area (Å²) in [5, 5.41) is 11.2. The van der Waals surface area contributed by atoms with E-state index in [4.69, 9.17) is 9.47 Å². The highest BCUT2D eigenvalue weighted by atomic mass is 16.6. The molecular formula is C21H21NO5. The van der Waals surface area contributed by atoms with Crippen molar-refractivity contribution in [1.29, 1.82) is 0 Å². The molecule has 0 fully saturated rings. The van der Waals surface area contributed by atoms with Gasteiger partial charge in [-0.1, -0.05) is 25.1 Å². The molecular weight excluding hydrogens is 346 g/mol. The molecule has 2 heterocycles. The lowest BCUT2D eigenvalue weighted by molar-refractivity contribution is -0.135. The Labute approximate surface area is 157 Å². The number of aliphatic hydroxyl groups is 1. The van der Waals surface area contributed by atoms with Crippen LogP contribution >= 0.6 is 0 Å². The fraction of sp³-hybridized carbons (Fsp3) is 0.333. The smallest absolute Gasteiger partial charge is 0.264 e. The van der Waals surface area contributed by atoms with Crippen molar-refractivity contribution >= 4 is 17.4 Å². The van der Waals surface area contributed by atoms with Gasteiger partial charge in [-0.25, -0.2) is 0 Å². The van der Waals surface area contributed by atoms with E-state index in [0.717, 1.165) is 6.42 Å². The van der Waals surface area contributed by atoms with Crippen molar-refractivity contribution in [3.05, 3.63) is 53.6 Å². The number of benzene rings is 2. The number of carbonyl (C=O) groups is 2. The van der Waals surface area contributed by atoms with Crippen molar-refractivity contribution in [2.45, 2.75) is 25.4 Å². The van der Waals surface area contributed by atoms with Crippen molar-refractivity contribution in [2.75, 3.05) is 24.7 Å². The summed E-state index contributed by atoms with van der Waals surface area (Å²) in [6, 6.07) is 12.0. The van der Waals surface area contributed by atoms with Gasteiger partial charge in [0, 0.05) is 17.7 Å². The number of amides is 1. The molecule has 0 unspecified atom stereocenters. The van der Waals surface area contributed by atoms with Crippen LogP contribution in [0.5, 0.6) is 11.5 Å². The van der Waals surface area contributed by atoms with Crippen molar-refractivity contribution in [3.8, 4) is 11.5 Å². The van der Waals surface area contributed by atoms with Crippen LogP contribution in [-0.4, -0.2) is 36.6 Å². The van der Waals surface area contributed by atoms with Gasteiger partial charge in [0.2, 0.25) is 0 Å². The normalized spacial score (nSPS) is 20.5. The first-order valence-electron chi connectivity index (χ1n) is 9.11. The highest BCUT2D eigenvalue weighted by Gasteiger charge is 2.50. The third kappa shape index (κ3) is 2.86. The monoisotopic (exact) mass is 367 g/mol. The average Bonchev–Trinajstić information content (AvgIpc) is 2.90. The lowest BCUT2D eigenvalue weighted by Gasteiger charge is -2.23. The molecule has 0 aliphatic carbocycles. The van der Waals surface area contributed by atoms with E-state index in [1.807, 2.05) is 13.0 Å². The summed E-state index contributed by atoms with van der Waals surface area (Å²) < 4.78 is 11.0. The molecule has 0 aromatic heterocycles. The zero-order valence-corrected chi connectivity index (χ0v) is 15.1. The van der Waals surface area contributed by atoms with Gasteiger partial charge in [-0.15, -0.1) is 0 Å². The van der Waals surface area contributed by atoms with Gasteiger partial charge < -0.3 is 19.5 Å². The van der Waals surface area contributed by atoms with Crippen LogP contribution in [0.3, 0.4) is 0 Å². The highest BCUT2D eigenvalue weighted by molar-refractivity contribution is 6.10. The van der Waals surface area contributed by atoms with Gasteiger partial charge in [0.05, 0.1) is 12.1 Å². The SMILES string of the molecule is CCCN1C(=O)[C@@](O)(CC(=O)c2ccc3c(c2)OCCO3)c2ccccc21. The fourth-order valence-electron chi connectivity index (χ4n) is 3.67.